The van der Waals surface area contributed by atoms with E-state index in [1.165, 1.54) is 12.3 Å². The molecule has 0 aliphatic carbocycles. The fraction of sp³-hybridized carbons (Fsp3) is 0.625. The van der Waals surface area contributed by atoms with Crippen LogP contribution in [0.5, 0.6) is 0 Å². The van der Waals surface area contributed by atoms with Crippen LogP contribution in [0.1, 0.15) is 43.3 Å². The van der Waals surface area contributed by atoms with Crippen molar-refractivity contribution in [3.05, 3.63) is 23.7 Å². The van der Waals surface area contributed by atoms with Crippen LogP contribution in [0.15, 0.2) is 16.7 Å². The van der Waals surface area contributed by atoms with E-state index in [0.29, 0.717) is 31.3 Å². The molecule has 0 radical (unpaired) electrons. The Labute approximate surface area is 135 Å². The first-order valence-corrected chi connectivity index (χ1v) is 7.74. The topological polar surface area (TPSA) is 92.0 Å². The number of ether oxygens (including phenoxy) is 1. The van der Waals surface area contributed by atoms with Gasteiger partial charge in [-0.05, 0) is 39.2 Å². The zero-order chi connectivity index (χ0) is 17.0. The molecule has 1 fully saturated rings. The number of carboxylic acids is 1. The SMILES string of the molecule is CC(C)(C)OC(=O)N1CCC(CNCc2cc(C(=O)O)co2)C1. The van der Waals surface area contributed by atoms with Gasteiger partial charge in [0, 0.05) is 19.6 Å². The van der Waals surface area contributed by atoms with Crippen LogP contribution in [0.4, 0.5) is 4.79 Å². The van der Waals surface area contributed by atoms with Gasteiger partial charge in [0.15, 0.2) is 0 Å². The minimum atomic E-state index is -0.996. The summed E-state index contributed by atoms with van der Waals surface area (Å²) in [5.41, 5.74) is -0.326. The molecule has 128 valence electrons. The van der Waals surface area contributed by atoms with E-state index in [1.54, 1.807) is 4.90 Å². The first-order valence-electron chi connectivity index (χ1n) is 7.74. The third kappa shape index (κ3) is 5.28. The van der Waals surface area contributed by atoms with E-state index < -0.39 is 11.6 Å². The zero-order valence-electron chi connectivity index (χ0n) is 13.8. The maximum Gasteiger partial charge on any atom is 0.410 e. The average molecular weight is 324 g/mol. The molecule has 1 aromatic rings. The number of amides is 1. The molecule has 2 heterocycles. The number of furan rings is 1. The van der Waals surface area contributed by atoms with E-state index in [4.69, 9.17) is 14.3 Å². The van der Waals surface area contributed by atoms with Crippen molar-refractivity contribution >= 4 is 12.1 Å². The highest BCUT2D eigenvalue weighted by Crippen LogP contribution is 2.19. The Kier molecular flexibility index (Phi) is 5.30. The second-order valence-corrected chi connectivity index (χ2v) is 6.82. The van der Waals surface area contributed by atoms with Crippen molar-refractivity contribution < 1.29 is 23.8 Å². The molecule has 2 rings (SSSR count). The van der Waals surface area contributed by atoms with Crippen molar-refractivity contribution in [2.24, 2.45) is 5.92 Å². The van der Waals surface area contributed by atoms with Gasteiger partial charge in [-0.2, -0.15) is 0 Å². The Hall–Kier alpha value is -2.02. The fourth-order valence-corrected chi connectivity index (χ4v) is 2.48. The lowest BCUT2D eigenvalue weighted by molar-refractivity contribution is 0.0288. The Balaban J connectivity index is 1.71. The third-order valence-corrected chi connectivity index (χ3v) is 3.57. The molecule has 23 heavy (non-hydrogen) atoms. The summed E-state index contributed by atoms with van der Waals surface area (Å²) in [7, 11) is 0. The third-order valence-electron chi connectivity index (χ3n) is 3.57. The summed E-state index contributed by atoms with van der Waals surface area (Å²) in [6.07, 6.45) is 1.89. The molecular weight excluding hydrogens is 300 g/mol. The molecule has 1 amide bonds. The van der Waals surface area contributed by atoms with E-state index in [9.17, 15) is 9.59 Å². The highest BCUT2D eigenvalue weighted by molar-refractivity contribution is 5.87. The lowest BCUT2D eigenvalue weighted by atomic mass is 10.1. The minimum absolute atomic E-state index is 0.152. The summed E-state index contributed by atoms with van der Waals surface area (Å²) in [5.74, 6) is -0.0513. The van der Waals surface area contributed by atoms with Crippen LogP contribution in [-0.2, 0) is 11.3 Å². The quantitative estimate of drug-likeness (QED) is 0.863. The molecular formula is C16H24N2O5. The molecule has 1 aliphatic heterocycles. The number of carbonyl (C=O) groups is 2. The Bertz CT molecular complexity index is 561. The molecule has 7 heteroatoms. The molecule has 0 spiro atoms. The van der Waals surface area contributed by atoms with Crippen LogP contribution in [0.2, 0.25) is 0 Å². The Morgan fingerprint density at radius 2 is 2.22 bits per heavy atom. The minimum Gasteiger partial charge on any atom is -0.478 e. The Morgan fingerprint density at radius 1 is 1.48 bits per heavy atom. The van der Waals surface area contributed by atoms with Gasteiger partial charge in [0.2, 0.25) is 0 Å². The van der Waals surface area contributed by atoms with Gasteiger partial charge in [0.05, 0.1) is 12.1 Å². The van der Waals surface area contributed by atoms with E-state index in [-0.39, 0.29) is 11.7 Å². The number of aromatic carboxylic acids is 1. The number of rotatable bonds is 5. The first-order chi connectivity index (χ1) is 10.7. The van der Waals surface area contributed by atoms with Crippen LogP contribution < -0.4 is 5.32 Å². The zero-order valence-corrected chi connectivity index (χ0v) is 13.8. The van der Waals surface area contributed by atoms with Crippen molar-refractivity contribution in [3.63, 3.8) is 0 Å². The summed E-state index contributed by atoms with van der Waals surface area (Å²) in [6, 6.07) is 1.51. The predicted octanol–water partition coefficient (Wildman–Crippen LogP) is 2.32. The number of nitrogens with zero attached hydrogens (tertiary/aromatic N) is 1. The summed E-state index contributed by atoms with van der Waals surface area (Å²) >= 11 is 0. The first kappa shape index (κ1) is 17.3. The molecule has 1 aromatic heterocycles. The molecule has 1 unspecified atom stereocenters. The van der Waals surface area contributed by atoms with E-state index in [0.717, 1.165) is 13.0 Å². The largest absolute Gasteiger partial charge is 0.478 e. The molecule has 1 aliphatic rings. The number of hydrogen-bond donors (Lipinski definition) is 2. The maximum atomic E-state index is 12.0. The maximum absolute atomic E-state index is 12.0. The molecule has 0 aromatic carbocycles. The number of carboxylic acid groups (broad SMARTS) is 1. The lowest BCUT2D eigenvalue weighted by Gasteiger charge is -2.24. The molecule has 0 bridgehead atoms. The summed E-state index contributed by atoms with van der Waals surface area (Å²) in [4.78, 5) is 24.5. The van der Waals surface area contributed by atoms with Crippen molar-refractivity contribution in [2.75, 3.05) is 19.6 Å². The van der Waals surface area contributed by atoms with Crippen LogP contribution in [0, 0.1) is 5.92 Å². The van der Waals surface area contributed by atoms with E-state index >= 15 is 0 Å². The molecule has 1 saturated heterocycles. The highest BCUT2D eigenvalue weighted by atomic mass is 16.6. The standard InChI is InChI=1S/C16H24N2O5/c1-16(2,3)23-15(21)18-5-4-11(9-18)7-17-8-13-6-12(10-22-13)14(19)20/h6,10-11,17H,4-5,7-9H2,1-3H3,(H,19,20). The van der Waals surface area contributed by atoms with Gasteiger partial charge in [-0.15, -0.1) is 0 Å². The second kappa shape index (κ2) is 7.04. The van der Waals surface area contributed by atoms with Gasteiger partial charge in [-0.1, -0.05) is 0 Å². The molecule has 7 nitrogen and oxygen atoms in total. The van der Waals surface area contributed by atoms with Gasteiger partial charge >= 0.3 is 12.1 Å². The van der Waals surface area contributed by atoms with Crippen LogP contribution in [-0.4, -0.2) is 47.3 Å². The molecule has 1 atom stereocenters. The van der Waals surface area contributed by atoms with Crippen LogP contribution >= 0.6 is 0 Å². The van der Waals surface area contributed by atoms with E-state index in [2.05, 4.69) is 5.32 Å². The number of nitrogens with one attached hydrogen (secondary N) is 1. The van der Waals surface area contributed by atoms with Gasteiger partial charge in [-0.25, -0.2) is 9.59 Å². The normalized spacial score (nSPS) is 18.2. The van der Waals surface area contributed by atoms with Crippen LogP contribution in [0.25, 0.3) is 0 Å². The van der Waals surface area contributed by atoms with Crippen molar-refractivity contribution in [3.8, 4) is 0 Å². The van der Waals surface area contributed by atoms with Gasteiger partial charge in [0.1, 0.15) is 17.6 Å². The Morgan fingerprint density at radius 3 is 2.83 bits per heavy atom. The van der Waals surface area contributed by atoms with Gasteiger partial charge < -0.3 is 24.5 Å². The number of hydrogen-bond acceptors (Lipinski definition) is 5. The van der Waals surface area contributed by atoms with Crippen molar-refractivity contribution in [1.82, 2.24) is 10.2 Å². The highest BCUT2D eigenvalue weighted by Gasteiger charge is 2.29. The van der Waals surface area contributed by atoms with E-state index in [1.807, 2.05) is 20.8 Å². The molecule has 2 N–H and O–H groups in total. The summed E-state index contributed by atoms with van der Waals surface area (Å²) in [5, 5.41) is 12.1. The summed E-state index contributed by atoms with van der Waals surface area (Å²) in [6.45, 7) is 8.14. The lowest BCUT2D eigenvalue weighted by Crippen LogP contribution is -2.36. The molecule has 0 saturated carbocycles. The number of carbonyl (C=O) groups excluding carboxylic acids is 1. The second-order valence-electron chi connectivity index (χ2n) is 6.82. The smallest absolute Gasteiger partial charge is 0.410 e. The summed E-state index contributed by atoms with van der Waals surface area (Å²) < 4.78 is 10.5. The van der Waals surface area contributed by atoms with Gasteiger partial charge in [0.25, 0.3) is 0 Å². The number of likely N-dealkylation sites (tertiary alicyclic amines) is 1. The fourth-order valence-electron chi connectivity index (χ4n) is 2.48. The van der Waals surface area contributed by atoms with Crippen molar-refractivity contribution in [2.45, 2.75) is 39.3 Å². The monoisotopic (exact) mass is 324 g/mol. The van der Waals surface area contributed by atoms with Crippen molar-refractivity contribution in [1.29, 1.82) is 0 Å². The van der Waals surface area contributed by atoms with Gasteiger partial charge in [-0.3, -0.25) is 0 Å². The predicted molar refractivity (Wildman–Crippen MR) is 83.3 cm³/mol. The average Bonchev–Trinajstić information content (AvgIpc) is 3.05. The van der Waals surface area contributed by atoms with Crippen LogP contribution in [0.3, 0.4) is 0 Å².